The maximum absolute atomic E-state index is 13.1. The number of anilines is 2. The fourth-order valence-electron chi connectivity index (χ4n) is 4.54. The van der Waals surface area contributed by atoms with Crippen molar-refractivity contribution >= 4 is 28.1 Å². The van der Waals surface area contributed by atoms with Gasteiger partial charge in [0.2, 0.25) is 5.88 Å². The first-order chi connectivity index (χ1) is 16.6. The Morgan fingerprint density at radius 1 is 0.912 bits per heavy atom. The van der Waals surface area contributed by atoms with E-state index in [9.17, 15) is 4.79 Å². The normalized spacial score (nSPS) is 13.6. The highest BCUT2D eigenvalue weighted by Gasteiger charge is 2.19. The number of carbonyl (C=O) groups excluding carboxylic acids is 1. The van der Waals surface area contributed by atoms with E-state index in [2.05, 4.69) is 32.5 Å². The predicted molar refractivity (Wildman–Crippen MR) is 137 cm³/mol. The summed E-state index contributed by atoms with van der Waals surface area (Å²) in [5.74, 6) is 0.373. The number of nitrogens with one attached hydrogen (secondary N) is 1. The molecule has 0 bridgehead atoms. The molecule has 172 valence electrons. The Morgan fingerprint density at radius 2 is 1.65 bits per heavy atom. The molecule has 4 aromatic rings. The minimum Gasteiger partial charge on any atom is -0.479 e. The van der Waals surface area contributed by atoms with Crippen molar-refractivity contribution in [3.8, 4) is 17.1 Å². The lowest BCUT2D eigenvalue weighted by molar-refractivity contribution is 0.102. The average Bonchev–Trinajstić information content (AvgIpc) is 2.89. The first-order valence-corrected chi connectivity index (χ1v) is 11.7. The van der Waals surface area contributed by atoms with Gasteiger partial charge in [0, 0.05) is 35.0 Å². The summed E-state index contributed by atoms with van der Waals surface area (Å²) in [6, 6.07) is 21.7. The lowest BCUT2D eigenvalue weighted by Gasteiger charge is -2.31. The average molecular weight is 453 g/mol. The zero-order valence-corrected chi connectivity index (χ0v) is 19.5. The molecule has 1 N–H and O–H groups in total. The lowest BCUT2D eigenvalue weighted by atomic mass is 10.0. The van der Waals surface area contributed by atoms with Gasteiger partial charge in [-0.25, -0.2) is 0 Å². The molecule has 1 fully saturated rings. The smallest absolute Gasteiger partial charge is 0.255 e. The summed E-state index contributed by atoms with van der Waals surface area (Å²) in [4.78, 5) is 15.5. The summed E-state index contributed by atoms with van der Waals surface area (Å²) in [6.07, 6.45) is 3.55. The van der Waals surface area contributed by atoms with Crippen LogP contribution in [0.25, 0.3) is 22.0 Å². The zero-order valence-electron chi connectivity index (χ0n) is 19.5. The number of ether oxygens (including phenoxy) is 1. The van der Waals surface area contributed by atoms with E-state index in [0.29, 0.717) is 11.4 Å². The van der Waals surface area contributed by atoms with Gasteiger partial charge >= 0.3 is 0 Å². The van der Waals surface area contributed by atoms with Crippen LogP contribution in [-0.2, 0) is 0 Å². The van der Waals surface area contributed by atoms with Crippen LogP contribution in [0.2, 0.25) is 0 Å². The molecular weight excluding hydrogens is 424 g/mol. The lowest BCUT2D eigenvalue weighted by Crippen LogP contribution is -2.30. The topological polar surface area (TPSA) is 67.4 Å². The molecule has 6 nitrogen and oxygen atoms in total. The first kappa shape index (κ1) is 21.9. The molecule has 1 aromatic heterocycles. The highest BCUT2D eigenvalue weighted by Crippen LogP contribution is 2.36. The number of methoxy groups -OCH3 is 1. The quantitative estimate of drug-likeness (QED) is 0.411. The van der Waals surface area contributed by atoms with Crippen molar-refractivity contribution in [3.05, 3.63) is 77.9 Å². The van der Waals surface area contributed by atoms with E-state index in [1.165, 1.54) is 6.42 Å². The van der Waals surface area contributed by atoms with E-state index in [1.54, 1.807) is 7.11 Å². The second-order valence-electron chi connectivity index (χ2n) is 8.70. The van der Waals surface area contributed by atoms with Crippen molar-refractivity contribution in [3.63, 3.8) is 0 Å². The first-order valence-electron chi connectivity index (χ1n) is 11.7. The van der Waals surface area contributed by atoms with Crippen LogP contribution in [0.5, 0.6) is 5.88 Å². The van der Waals surface area contributed by atoms with Crippen LogP contribution in [0.4, 0.5) is 11.4 Å². The SMILES string of the molecule is COc1nnc(-c2ccc(N3CCCCC3)c(NC(=O)c3ccc(C)cc3)c2)c2ccccc12. The Labute approximate surface area is 199 Å². The molecule has 0 saturated carbocycles. The maximum atomic E-state index is 13.1. The summed E-state index contributed by atoms with van der Waals surface area (Å²) in [5, 5.41) is 13.8. The Morgan fingerprint density at radius 3 is 2.38 bits per heavy atom. The molecule has 0 unspecified atom stereocenters. The molecule has 1 saturated heterocycles. The summed E-state index contributed by atoms with van der Waals surface area (Å²) >= 11 is 0. The third kappa shape index (κ3) is 4.31. The number of nitrogens with zero attached hydrogens (tertiary/aromatic N) is 3. The van der Waals surface area contributed by atoms with Gasteiger partial charge in [-0.05, 0) is 56.5 Å². The highest BCUT2D eigenvalue weighted by atomic mass is 16.5. The predicted octanol–water partition coefficient (Wildman–Crippen LogP) is 5.86. The number of hydrogen-bond acceptors (Lipinski definition) is 5. The van der Waals surface area contributed by atoms with Crippen molar-refractivity contribution in [1.29, 1.82) is 0 Å². The molecular formula is C28H28N4O2. The van der Waals surface area contributed by atoms with Gasteiger partial charge in [-0.2, -0.15) is 0 Å². The molecule has 1 amide bonds. The fraction of sp³-hybridized carbons (Fsp3) is 0.250. The van der Waals surface area contributed by atoms with E-state index < -0.39 is 0 Å². The Hall–Kier alpha value is -3.93. The van der Waals surface area contributed by atoms with Crippen LogP contribution in [0.1, 0.15) is 35.2 Å². The van der Waals surface area contributed by atoms with Gasteiger partial charge in [-0.3, -0.25) is 4.79 Å². The third-order valence-electron chi connectivity index (χ3n) is 6.38. The summed E-state index contributed by atoms with van der Waals surface area (Å²) in [7, 11) is 1.60. The number of carbonyl (C=O) groups is 1. The van der Waals surface area contributed by atoms with Crippen molar-refractivity contribution in [2.75, 3.05) is 30.4 Å². The van der Waals surface area contributed by atoms with Crippen LogP contribution in [0.15, 0.2) is 66.7 Å². The molecule has 1 aliphatic rings. The fourth-order valence-corrected chi connectivity index (χ4v) is 4.54. The maximum Gasteiger partial charge on any atom is 0.255 e. The number of amides is 1. The van der Waals surface area contributed by atoms with E-state index in [4.69, 9.17) is 4.74 Å². The molecule has 3 aromatic carbocycles. The van der Waals surface area contributed by atoms with E-state index >= 15 is 0 Å². The van der Waals surface area contributed by atoms with Gasteiger partial charge in [0.25, 0.3) is 5.91 Å². The van der Waals surface area contributed by atoms with Gasteiger partial charge < -0.3 is 15.0 Å². The molecule has 34 heavy (non-hydrogen) atoms. The monoisotopic (exact) mass is 452 g/mol. The highest BCUT2D eigenvalue weighted by molar-refractivity contribution is 6.07. The van der Waals surface area contributed by atoms with Crippen LogP contribution in [0.3, 0.4) is 0 Å². The van der Waals surface area contributed by atoms with Crippen LogP contribution < -0.4 is 15.0 Å². The van der Waals surface area contributed by atoms with Crippen molar-refractivity contribution in [2.45, 2.75) is 26.2 Å². The second-order valence-corrected chi connectivity index (χ2v) is 8.70. The zero-order chi connectivity index (χ0) is 23.5. The number of piperidine rings is 1. The number of aromatic nitrogens is 2. The number of benzene rings is 3. The van der Waals surface area contributed by atoms with Crippen molar-refractivity contribution in [2.24, 2.45) is 0 Å². The van der Waals surface area contributed by atoms with Gasteiger partial charge in [0.05, 0.1) is 18.5 Å². The summed E-state index contributed by atoms with van der Waals surface area (Å²) in [5.41, 5.74) is 5.23. The Kier molecular flexibility index (Phi) is 6.12. The number of rotatable bonds is 5. The molecule has 2 heterocycles. The standard InChI is InChI=1S/C28H28N4O2/c1-19-10-12-20(13-11-19)27(33)29-24-18-21(14-15-25(24)32-16-6-3-7-17-32)26-22-8-4-5-9-23(22)28(34-2)31-30-26/h4-5,8-15,18H,3,6-7,16-17H2,1-2H3,(H,29,33). The molecule has 5 rings (SSSR count). The van der Waals surface area contributed by atoms with Gasteiger partial charge in [0.15, 0.2) is 0 Å². The largest absolute Gasteiger partial charge is 0.479 e. The van der Waals surface area contributed by atoms with Crippen LogP contribution in [-0.4, -0.2) is 36.3 Å². The van der Waals surface area contributed by atoms with E-state index in [1.807, 2.05) is 61.5 Å². The van der Waals surface area contributed by atoms with E-state index in [-0.39, 0.29) is 5.91 Å². The molecule has 0 atom stereocenters. The second kappa shape index (κ2) is 9.51. The van der Waals surface area contributed by atoms with Crippen molar-refractivity contribution in [1.82, 2.24) is 10.2 Å². The van der Waals surface area contributed by atoms with Gasteiger partial charge in [-0.1, -0.05) is 42.0 Å². The third-order valence-corrected chi connectivity index (χ3v) is 6.38. The Balaban J connectivity index is 1.58. The molecule has 1 aliphatic heterocycles. The molecule has 0 spiro atoms. The molecule has 6 heteroatoms. The minimum absolute atomic E-state index is 0.124. The Bertz CT molecular complexity index is 1330. The van der Waals surface area contributed by atoms with Crippen LogP contribution in [0, 0.1) is 6.92 Å². The summed E-state index contributed by atoms with van der Waals surface area (Å²) < 4.78 is 5.41. The van der Waals surface area contributed by atoms with Gasteiger partial charge in [0.1, 0.15) is 5.69 Å². The van der Waals surface area contributed by atoms with Crippen molar-refractivity contribution < 1.29 is 9.53 Å². The minimum atomic E-state index is -0.124. The molecule has 0 aliphatic carbocycles. The molecule has 0 radical (unpaired) electrons. The van der Waals surface area contributed by atoms with E-state index in [0.717, 1.165) is 64.9 Å². The van der Waals surface area contributed by atoms with Crippen LogP contribution >= 0.6 is 0 Å². The van der Waals surface area contributed by atoms with Gasteiger partial charge in [-0.15, -0.1) is 10.2 Å². The number of fused-ring (bicyclic) bond motifs is 1. The number of hydrogen-bond donors (Lipinski definition) is 1. The summed E-state index contributed by atoms with van der Waals surface area (Å²) in [6.45, 7) is 3.98. The number of aryl methyl sites for hydroxylation is 1.